The van der Waals surface area contributed by atoms with Gasteiger partial charge in [0.2, 0.25) is 0 Å². The molecule has 5 nitrogen and oxygen atoms in total. The third kappa shape index (κ3) is 3.43. The largest absolute Gasteiger partial charge is 0.316 e. The highest BCUT2D eigenvalue weighted by Gasteiger charge is 2.17. The summed E-state index contributed by atoms with van der Waals surface area (Å²) in [7, 11) is 0. The monoisotopic (exact) mass is 398 g/mol. The van der Waals surface area contributed by atoms with Crippen LogP contribution in [0.3, 0.4) is 0 Å². The number of benzene rings is 2. The predicted octanol–water partition coefficient (Wildman–Crippen LogP) is 4.37. The Morgan fingerprint density at radius 2 is 1.80 bits per heavy atom. The fourth-order valence-corrected chi connectivity index (χ4v) is 2.33. The van der Waals surface area contributed by atoms with Crippen LogP contribution in [0.2, 0.25) is 0 Å². The zero-order chi connectivity index (χ0) is 14.7. The van der Waals surface area contributed by atoms with E-state index in [1.807, 2.05) is 0 Å². The number of halogens is 2. The summed E-state index contributed by atoms with van der Waals surface area (Å²) in [4.78, 5) is 22.5. The first-order chi connectivity index (χ1) is 9.47. The minimum atomic E-state index is -0.540. The maximum Gasteiger partial charge on any atom is 0.293 e. The summed E-state index contributed by atoms with van der Waals surface area (Å²) >= 11 is 6.43. The number of hydrogen-bond donors (Lipinski definition) is 1. The minimum Gasteiger partial charge on any atom is -0.316 e. The molecule has 0 fully saturated rings. The average molecular weight is 400 g/mol. The topological polar surface area (TPSA) is 72.2 Å². The molecular formula is C13H8Br2N2O3. The second-order valence-corrected chi connectivity index (χ2v) is 5.71. The maximum absolute atomic E-state index is 12.1. The first-order valence-electron chi connectivity index (χ1n) is 5.48. The molecule has 2 aromatic rings. The van der Waals surface area contributed by atoms with Gasteiger partial charge in [-0.3, -0.25) is 14.9 Å². The van der Waals surface area contributed by atoms with Gasteiger partial charge in [0.15, 0.2) is 0 Å². The molecule has 1 N–H and O–H groups in total. The molecule has 0 saturated heterocycles. The quantitative estimate of drug-likeness (QED) is 0.615. The molecule has 20 heavy (non-hydrogen) atoms. The van der Waals surface area contributed by atoms with Gasteiger partial charge >= 0.3 is 0 Å². The standard InChI is InChI=1S/C13H8Br2N2O3/c14-9-3-1-2-8(6-9)13(18)16-11-5-4-10(15)7-12(11)17(19)20/h1-7H,(H,16,18). The van der Waals surface area contributed by atoms with Gasteiger partial charge in [0.05, 0.1) is 4.92 Å². The van der Waals surface area contributed by atoms with Crippen molar-refractivity contribution in [3.05, 3.63) is 67.1 Å². The SMILES string of the molecule is O=C(Nc1ccc(Br)cc1[N+](=O)[O-])c1cccc(Br)c1. The van der Waals surface area contributed by atoms with E-state index in [2.05, 4.69) is 37.2 Å². The Morgan fingerprint density at radius 1 is 1.10 bits per heavy atom. The third-order valence-electron chi connectivity index (χ3n) is 2.49. The van der Waals surface area contributed by atoms with Crippen molar-refractivity contribution in [1.82, 2.24) is 0 Å². The van der Waals surface area contributed by atoms with Crippen LogP contribution in [0.4, 0.5) is 11.4 Å². The minimum absolute atomic E-state index is 0.156. The molecule has 0 aliphatic rings. The highest BCUT2D eigenvalue weighted by atomic mass is 79.9. The summed E-state index contributed by atoms with van der Waals surface area (Å²) in [5.74, 6) is -0.406. The summed E-state index contributed by atoms with van der Waals surface area (Å²) in [6.07, 6.45) is 0. The molecule has 0 spiro atoms. The Bertz CT molecular complexity index is 689. The van der Waals surface area contributed by atoms with E-state index in [4.69, 9.17) is 0 Å². The van der Waals surface area contributed by atoms with Crippen LogP contribution in [0.25, 0.3) is 0 Å². The second-order valence-electron chi connectivity index (χ2n) is 3.88. The van der Waals surface area contributed by atoms with Gasteiger partial charge in [-0.05, 0) is 30.3 Å². The van der Waals surface area contributed by atoms with Crippen molar-refractivity contribution < 1.29 is 9.72 Å². The molecule has 0 aromatic heterocycles. The molecule has 0 bridgehead atoms. The molecule has 0 atom stereocenters. The smallest absolute Gasteiger partial charge is 0.293 e. The van der Waals surface area contributed by atoms with E-state index in [9.17, 15) is 14.9 Å². The van der Waals surface area contributed by atoms with E-state index in [0.29, 0.717) is 10.0 Å². The second kappa shape index (κ2) is 6.15. The summed E-state index contributed by atoms with van der Waals surface area (Å²) in [5.41, 5.74) is 0.405. The molecule has 1 amide bonds. The van der Waals surface area contributed by atoms with E-state index >= 15 is 0 Å². The van der Waals surface area contributed by atoms with Crippen LogP contribution in [0.15, 0.2) is 51.4 Å². The molecule has 0 heterocycles. The number of carbonyl (C=O) groups is 1. The lowest BCUT2D eigenvalue weighted by molar-refractivity contribution is -0.384. The molecule has 0 saturated carbocycles. The van der Waals surface area contributed by atoms with Gasteiger partial charge in [0.25, 0.3) is 11.6 Å². The van der Waals surface area contributed by atoms with E-state index in [1.165, 1.54) is 12.1 Å². The van der Waals surface area contributed by atoms with Crippen molar-refractivity contribution >= 4 is 49.1 Å². The number of rotatable bonds is 3. The number of nitrogens with zero attached hydrogens (tertiary/aromatic N) is 1. The first kappa shape index (κ1) is 14.7. The molecule has 0 aliphatic heterocycles. The van der Waals surface area contributed by atoms with Gasteiger partial charge in [-0.25, -0.2) is 0 Å². The average Bonchev–Trinajstić information content (AvgIpc) is 2.40. The normalized spacial score (nSPS) is 10.1. The lowest BCUT2D eigenvalue weighted by Crippen LogP contribution is -2.13. The summed E-state index contributed by atoms with van der Waals surface area (Å²) in [6.45, 7) is 0. The van der Waals surface area contributed by atoms with Gasteiger partial charge in [-0.2, -0.15) is 0 Å². The Hall–Kier alpha value is -1.73. The Balaban J connectivity index is 2.30. The number of nitrogens with one attached hydrogen (secondary N) is 1. The van der Waals surface area contributed by atoms with Gasteiger partial charge in [0.1, 0.15) is 5.69 Å². The number of hydrogen-bond acceptors (Lipinski definition) is 3. The number of carbonyl (C=O) groups excluding carboxylic acids is 1. The Labute approximate surface area is 131 Å². The summed E-state index contributed by atoms with van der Waals surface area (Å²) in [6, 6.07) is 11.2. The van der Waals surface area contributed by atoms with Crippen molar-refractivity contribution in [3.63, 3.8) is 0 Å². The number of nitro groups is 1. The van der Waals surface area contributed by atoms with Crippen LogP contribution in [0.5, 0.6) is 0 Å². The molecule has 2 rings (SSSR count). The zero-order valence-corrected chi connectivity index (χ0v) is 13.1. The molecule has 2 aromatic carbocycles. The van der Waals surface area contributed by atoms with Crippen molar-refractivity contribution in [3.8, 4) is 0 Å². The highest BCUT2D eigenvalue weighted by Crippen LogP contribution is 2.28. The van der Waals surface area contributed by atoms with Crippen LogP contribution in [-0.2, 0) is 0 Å². The van der Waals surface area contributed by atoms with Crippen molar-refractivity contribution in [2.75, 3.05) is 5.32 Å². The number of nitro benzene ring substituents is 1. The first-order valence-corrected chi connectivity index (χ1v) is 7.07. The summed E-state index contributed by atoms with van der Waals surface area (Å²) < 4.78 is 1.33. The molecule has 7 heteroatoms. The predicted molar refractivity (Wildman–Crippen MR) is 82.9 cm³/mol. The molecule has 0 radical (unpaired) electrons. The summed E-state index contributed by atoms with van der Waals surface area (Å²) in [5, 5.41) is 13.5. The van der Waals surface area contributed by atoms with Gasteiger partial charge in [-0.1, -0.05) is 37.9 Å². The van der Waals surface area contributed by atoms with Crippen LogP contribution in [-0.4, -0.2) is 10.8 Å². The van der Waals surface area contributed by atoms with E-state index < -0.39 is 10.8 Å². The fraction of sp³-hybridized carbons (Fsp3) is 0. The highest BCUT2D eigenvalue weighted by molar-refractivity contribution is 9.10. The lowest BCUT2D eigenvalue weighted by atomic mass is 10.2. The molecule has 0 unspecified atom stereocenters. The van der Waals surface area contributed by atoms with Crippen LogP contribution >= 0.6 is 31.9 Å². The fourth-order valence-electron chi connectivity index (χ4n) is 1.59. The van der Waals surface area contributed by atoms with Gasteiger partial charge in [-0.15, -0.1) is 0 Å². The van der Waals surface area contributed by atoms with E-state index in [-0.39, 0.29) is 11.4 Å². The van der Waals surface area contributed by atoms with Crippen LogP contribution in [0, 0.1) is 10.1 Å². The molecule has 0 aliphatic carbocycles. The van der Waals surface area contributed by atoms with E-state index in [1.54, 1.807) is 30.3 Å². The molecule has 102 valence electrons. The maximum atomic E-state index is 12.1. The zero-order valence-electron chi connectivity index (χ0n) is 9.97. The lowest BCUT2D eigenvalue weighted by Gasteiger charge is -2.06. The van der Waals surface area contributed by atoms with Gasteiger partial charge in [0, 0.05) is 20.6 Å². The van der Waals surface area contributed by atoms with Crippen molar-refractivity contribution in [2.24, 2.45) is 0 Å². The number of anilines is 1. The van der Waals surface area contributed by atoms with Crippen LogP contribution in [0.1, 0.15) is 10.4 Å². The van der Waals surface area contributed by atoms with Crippen molar-refractivity contribution in [1.29, 1.82) is 0 Å². The third-order valence-corrected chi connectivity index (χ3v) is 3.48. The van der Waals surface area contributed by atoms with Gasteiger partial charge < -0.3 is 5.32 Å². The van der Waals surface area contributed by atoms with Crippen LogP contribution < -0.4 is 5.32 Å². The Kier molecular flexibility index (Phi) is 4.51. The van der Waals surface area contributed by atoms with Crippen molar-refractivity contribution in [2.45, 2.75) is 0 Å². The van der Waals surface area contributed by atoms with E-state index in [0.717, 1.165) is 4.47 Å². The number of amides is 1. The Morgan fingerprint density at radius 3 is 2.45 bits per heavy atom. The molecular weight excluding hydrogens is 392 g/mol.